The van der Waals surface area contributed by atoms with Crippen molar-refractivity contribution in [2.75, 3.05) is 26.2 Å². The lowest BCUT2D eigenvalue weighted by Gasteiger charge is -2.29. The smallest absolute Gasteiger partial charge is 0.256 e. The standard InChI is InChI=1S/C16H21N3O2/c20-14-6-9-18(10-7-14)12-16(21)19-11-8-15(17-19)13-4-2-1-3-5-13/h1-5,14,20H,6-12H2. The summed E-state index contributed by atoms with van der Waals surface area (Å²) in [6.07, 6.45) is 2.12. The first-order valence-electron chi connectivity index (χ1n) is 7.56. The lowest BCUT2D eigenvalue weighted by molar-refractivity contribution is -0.132. The second-order valence-electron chi connectivity index (χ2n) is 5.69. The van der Waals surface area contributed by atoms with Gasteiger partial charge in [-0.2, -0.15) is 5.10 Å². The molecule has 1 N–H and O–H groups in total. The molecule has 0 spiro atoms. The fraction of sp³-hybridized carbons (Fsp3) is 0.500. The number of hydrazone groups is 1. The van der Waals surface area contributed by atoms with Crippen LogP contribution >= 0.6 is 0 Å². The van der Waals surface area contributed by atoms with Gasteiger partial charge in [-0.15, -0.1) is 0 Å². The first-order chi connectivity index (χ1) is 10.2. The Hall–Kier alpha value is -1.72. The van der Waals surface area contributed by atoms with E-state index in [-0.39, 0.29) is 12.0 Å². The number of aliphatic hydroxyl groups is 1. The lowest BCUT2D eigenvalue weighted by Crippen LogP contribution is -2.42. The molecule has 0 bridgehead atoms. The number of nitrogens with zero attached hydrogens (tertiary/aromatic N) is 3. The van der Waals surface area contributed by atoms with Crippen LogP contribution in [0, 0.1) is 0 Å². The van der Waals surface area contributed by atoms with Crippen molar-refractivity contribution in [3.05, 3.63) is 35.9 Å². The maximum absolute atomic E-state index is 12.3. The van der Waals surface area contributed by atoms with E-state index in [9.17, 15) is 9.90 Å². The predicted molar refractivity (Wildman–Crippen MR) is 81.0 cm³/mol. The number of benzene rings is 1. The fourth-order valence-electron chi connectivity index (χ4n) is 2.82. The van der Waals surface area contributed by atoms with E-state index in [4.69, 9.17) is 0 Å². The second-order valence-corrected chi connectivity index (χ2v) is 5.69. The Morgan fingerprint density at radius 1 is 1.19 bits per heavy atom. The molecule has 0 radical (unpaired) electrons. The highest BCUT2D eigenvalue weighted by Crippen LogP contribution is 2.15. The molecule has 2 aliphatic heterocycles. The number of likely N-dealkylation sites (tertiary alicyclic amines) is 1. The Bertz CT molecular complexity index is 522. The molecule has 1 aromatic carbocycles. The van der Waals surface area contributed by atoms with Crippen molar-refractivity contribution in [2.24, 2.45) is 5.10 Å². The van der Waals surface area contributed by atoms with Gasteiger partial charge in [-0.3, -0.25) is 9.69 Å². The van der Waals surface area contributed by atoms with Crippen LogP contribution in [0.15, 0.2) is 35.4 Å². The van der Waals surface area contributed by atoms with Gasteiger partial charge in [-0.25, -0.2) is 5.01 Å². The summed E-state index contributed by atoms with van der Waals surface area (Å²) < 4.78 is 0. The molecule has 5 heteroatoms. The summed E-state index contributed by atoms with van der Waals surface area (Å²) in [6.45, 7) is 2.64. The van der Waals surface area contributed by atoms with Gasteiger partial charge in [-0.05, 0) is 18.4 Å². The molecule has 0 unspecified atom stereocenters. The monoisotopic (exact) mass is 287 g/mol. The number of carbonyl (C=O) groups excluding carboxylic acids is 1. The quantitative estimate of drug-likeness (QED) is 0.905. The summed E-state index contributed by atoms with van der Waals surface area (Å²) in [5.41, 5.74) is 2.08. The van der Waals surface area contributed by atoms with E-state index in [0.717, 1.165) is 43.6 Å². The first-order valence-corrected chi connectivity index (χ1v) is 7.56. The molecule has 1 saturated heterocycles. The Kier molecular flexibility index (Phi) is 4.31. The Balaban J connectivity index is 1.58. The molecule has 3 rings (SSSR count). The fourth-order valence-corrected chi connectivity index (χ4v) is 2.82. The van der Waals surface area contributed by atoms with Gasteiger partial charge in [0, 0.05) is 19.5 Å². The predicted octanol–water partition coefficient (Wildman–Crippen LogP) is 1.08. The summed E-state index contributed by atoms with van der Waals surface area (Å²) in [4.78, 5) is 14.4. The minimum atomic E-state index is -0.203. The largest absolute Gasteiger partial charge is 0.393 e. The molecule has 0 atom stereocenters. The van der Waals surface area contributed by atoms with Gasteiger partial charge in [0.05, 0.1) is 24.9 Å². The molecule has 1 amide bonds. The maximum Gasteiger partial charge on any atom is 0.256 e. The van der Waals surface area contributed by atoms with Crippen molar-refractivity contribution in [2.45, 2.75) is 25.4 Å². The van der Waals surface area contributed by atoms with Crippen LogP contribution in [0.2, 0.25) is 0 Å². The van der Waals surface area contributed by atoms with Crippen molar-refractivity contribution in [1.82, 2.24) is 9.91 Å². The van der Waals surface area contributed by atoms with E-state index >= 15 is 0 Å². The maximum atomic E-state index is 12.3. The van der Waals surface area contributed by atoms with Crippen LogP contribution in [0.5, 0.6) is 0 Å². The summed E-state index contributed by atoms with van der Waals surface area (Å²) in [6, 6.07) is 10.0. The van der Waals surface area contributed by atoms with E-state index < -0.39 is 0 Å². The van der Waals surface area contributed by atoms with Crippen LogP contribution < -0.4 is 0 Å². The van der Waals surface area contributed by atoms with Gasteiger partial charge in [0.2, 0.25) is 0 Å². The Labute approximate surface area is 124 Å². The highest BCUT2D eigenvalue weighted by Gasteiger charge is 2.25. The molecule has 112 valence electrons. The first kappa shape index (κ1) is 14.2. The zero-order valence-electron chi connectivity index (χ0n) is 12.1. The van der Waals surface area contributed by atoms with E-state index in [0.29, 0.717) is 13.1 Å². The molecule has 5 nitrogen and oxygen atoms in total. The molecule has 2 aliphatic rings. The number of amides is 1. The summed E-state index contributed by atoms with van der Waals surface area (Å²) in [5, 5.41) is 15.5. The van der Waals surface area contributed by atoms with E-state index in [2.05, 4.69) is 10.0 Å². The number of rotatable bonds is 3. The highest BCUT2D eigenvalue weighted by molar-refractivity contribution is 6.02. The number of piperidine rings is 1. The van der Waals surface area contributed by atoms with Crippen LogP contribution in [-0.2, 0) is 4.79 Å². The number of aliphatic hydroxyl groups excluding tert-OH is 1. The topological polar surface area (TPSA) is 56.1 Å². The van der Waals surface area contributed by atoms with Gasteiger partial charge < -0.3 is 5.11 Å². The van der Waals surface area contributed by atoms with Gasteiger partial charge >= 0.3 is 0 Å². The molecular formula is C16H21N3O2. The van der Waals surface area contributed by atoms with Crippen molar-refractivity contribution >= 4 is 11.6 Å². The van der Waals surface area contributed by atoms with E-state index in [1.54, 1.807) is 5.01 Å². The van der Waals surface area contributed by atoms with Gasteiger partial charge in [0.25, 0.3) is 5.91 Å². The third-order valence-corrected chi connectivity index (χ3v) is 4.11. The zero-order valence-corrected chi connectivity index (χ0v) is 12.1. The minimum Gasteiger partial charge on any atom is -0.393 e. The average Bonchev–Trinajstić information content (AvgIpc) is 3.00. The summed E-state index contributed by atoms with van der Waals surface area (Å²) in [7, 11) is 0. The molecular weight excluding hydrogens is 266 g/mol. The molecule has 0 saturated carbocycles. The van der Waals surface area contributed by atoms with Crippen molar-refractivity contribution in [1.29, 1.82) is 0 Å². The summed E-state index contributed by atoms with van der Waals surface area (Å²) in [5.74, 6) is 0.0531. The number of hydrogen-bond acceptors (Lipinski definition) is 4. The van der Waals surface area contributed by atoms with Crippen LogP contribution in [0.4, 0.5) is 0 Å². The molecule has 2 heterocycles. The number of carbonyl (C=O) groups is 1. The summed E-state index contributed by atoms with van der Waals surface area (Å²) >= 11 is 0. The van der Waals surface area contributed by atoms with Crippen molar-refractivity contribution < 1.29 is 9.90 Å². The third-order valence-electron chi connectivity index (χ3n) is 4.11. The van der Waals surface area contributed by atoms with Crippen LogP contribution in [0.3, 0.4) is 0 Å². The molecule has 1 aromatic rings. The number of hydrogen-bond donors (Lipinski definition) is 1. The van der Waals surface area contributed by atoms with Crippen molar-refractivity contribution in [3.63, 3.8) is 0 Å². The van der Waals surface area contributed by atoms with Gasteiger partial charge in [0.15, 0.2) is 0 Å². The molecule has 1 fully saturated rings. The SMILES string of the molecule is O=C(CN1CCC(O)CC1)N1CCC(c2ccccc2)=N1. The highest BCUT2D eigenvalue weighted by atomic mass is 16.3. The van der Waals surface area contributed by atoms with E-state index in [1.807, 2.05) is 30.3 Å². The molecule has 0 aromatic heterocycles. The van der Waals surface area contributed by atoms with Crippen molar-refractivity contribution in [3.8, 4) is 0 Å². The average molecular weight is 287 g/mol. The van der Waals surface area contributed by atoms with Gasteiger partial charge in [-0.1, -0.05) is 30.3 Å². The molecule has 21 heavy (non-hydrogen) atoms. The zero-order chi connectivity index (χ0) is 14.7. The second kappa shape index (κ2) is 6.37. The lowest BCUT2D eigenvalue weighted by atomic mass is 10.1. The molecule has 0 aliphatic carbocycles. The van der Waals surface area contributed by atoms with Crippen LogP contribution in [-0.4, -0.2) is 58.9 Å². The minimum absolute atomic E-state index is 0.0531. The van der Waals surface area contributed by atoms with Crippen LogP contribution in [0.1, 0.15) is 24.8 Å². The van der Waals surface area contributed by atoms with Crippen LogP contribution in [0.25, 0.3) is 0 Å². The van der Waals surface area contributed by atoms with Gasteiger partial charge in [0.1, 0.15) is 0 Å². The third kappa shape index (κ3) is 3.49. The van der Waals surface area contributed by atoms with E-state index in [1.165, 1.54) is 0 Å². The Morgan fingerprint density at radius 2 is 1.90 bits per heavy atom. The Morgan fingerprint density at radius 3 is 2.62 bits per heavy atom. The normalized spacial score (nSPS) is 20.6.